The third-order valence-corrected chi connectivity index (χ3v) is 4.87. The van der Waals surface area contributed by atoms with Crippen molar-refractivity contribution in [1.29, 1.82) is 0 Å². The number of amides is 1. The zero-order valence-electron chi connectivity index (χ0n) is 12.5. The molecule has 2 atom stereocenters. The molecule has 110 valence electrons. The van der Waals surface area contributed by atoms with E-state index in [1.165, 1.54) is 38.5 Å². The maximum atomic E-state index is 12.3. The molecule has 2 fully saturated rings. The number of carbonyl (C=O) groups excluding carboxylic acids is 1. The molecular formula is C15H29N3O. The number of hydrogen-bond donors (Lipinski definition) is 1. The minimum absolute atomic E-state index is 0.283. The highest BCUT2D eigenvalue weighted by molar-refractivity contribution is 5.78. The number of nitrogens with zero attached hydrogens (tertiary/aromatic N) is 2. The fraction of sp³-hybridized carbons (Fsp3) is 0.933. The molecule has 4 nitrogen and oxygen atoms in total. The average Bonchev–Trinajstić information content (AvgIpc) is 3.28. The second-order valence-electron chi connectivity index (χ2n) is 6.15. The van der Waals surface area contributed by atoms with Crippen LogP contribution < -0.4 is 5.73 Å². The van der Waals surface area contributed by atoms with Crippen LogP contribution in [0.25, 0.3) is 0 Å². The minimum Gasteiger partial charge on any atom is -0.342 e. The van der Waals surface area contributed by atoms with Gasteiger partial charge in [0.1, 0.15) is 0 Å². The molecule has 0 aromatic heterocycles. The molecule has 0 aromatic rings. The number of hydrogen-bond acceptors (Lipinski definition) is 3. The number of rotatable bonds is 6. The summed E-state index contributed by atoms with van der Waals surface area (Å²) < 4.78 is 0. The summed E-state index contributed by atoms with van der Waals surface area (Å²) in [7, 11) is 1.95. The molecule has 19 heavy (non-hydrogen) atoms. The third kappa shape index (κ3) is 3.69. The van der Waals surface area contributed by atoms with Crippen LogP contribution in [0, 0.1) is 5.92 Å². The zero-order chi connectivity index (χ0) is 13.8. The van der Waals surface area contributed by atoms with Crippen molar-refractivity contribution < 1.29 is 4.79 Å². The van der Waals surface area contributed by atoms with Crippen LogP contribution in [0.1, 0.15) is 45.4 Å². The van der Waals surface area contributed by atoms with Crippen LogP contribution in [0.15, 0.2) is 0 Å². The van der Waals surface area contributed by atoms with Crippen LogP contribution in [-0.4, -0.2) is 54.5 Å². The first kappa shape index (κ1) is 14.8. The van der Waals surface area contributed by atoms with E-state index in [-0.39, 0.29) is 5.91 Å². The monoisotopic (exact) mass is 267 g/mol. The molecule has 0 aromatic carbocycles. The lowest BCUT2D eigenvalue weighted by Gasteiger charge is -2.39. The quantitative estimate of drug-likeness (QED) is 0.792. The van der Waals surface area contributed by atoms with Gasteiger partial charge in [0.15, 0.2) is 0 Å². The lowest BCUT2D eigenvalue weighted by molar-refractivity contribution is -0.132. The Labute approximate surface area is 117 Å². The molecule has 0 radical (unpaired) electrons. The van der Waals surface area contributed by atoms with E-state index in [2.05, 4.69) is 11.8 Å². The van der Waals surface area contributed by atoms with E-state index >= 15 is 0 Å². The van der Waals surface area contributed by atoms with E-state index in [1.807, 2.05) is 11.9 Å². The molecule has 0 saturated heterocycles. The molecule has 2 N–H and O–H groups in total. The van der Waals surface area contributed by atoms with Gasteiger partial charge in [0.05, 0.1) is 6.54 Å². The molecule has 2 aliphatic carbocycles. The van der Waals surface area contributed by atoms with Gasteiger partial charge in [-0.1, -0.05) is 19.8 Å². The fourth-order valence-electron chi connectivity index (χ4n) is 3.36. The average molecular weight is 267 g/mol. The maximum Gasteiger partial charge on any atom is 0.236 e. The van der Waals surface area contributed by atoms with Gasteiger partial charge in [-0.15, -0.1) is 0 Å². The van der Waals surface area contributed by atoms with Crippen LogP contribution in [0.5, 0.6) is 0 Å². The first-order valence-electron chi connectivity index (χ1n) is 7.87. The highest BCUT2D eigenvalue weighted by atomic mass is 16.2. The Bertz CT molecular complexity index is 304. The van der Waals surface area contributed by atoms with Crippen molar-refractivity contribution in [3.8, 4) is 0 Å². The van der Waals surface area contributed by atoms with E-state index in [9.17, 15) is 4.79 Å². The minimum atomic E-state index is 0.283. The maximum absolute atomic E-state index is 12.3. The summed E-state index contributed by atoms with van der Waals surface area (Å²) in [6.45, 7) is 4.44. The largest absolute Gasteiger partial charge is 0.342 e. The summed E-state index contributed by atoms with van der Waals surface area (Å²) in [5.41, 5.74) is 5.91. The molecule has 1 amide bonds. The van der Waals surface area contributed by atoms with Crippen molar-refractivity contribution in [2.45, 2.75) is 57.5 Å². The molecule has 0 heterocycles. The van der Waals surface area contributed by atoms with Gasteiger partial charge in [0.2, 0.25) is 5.91 Å². The second-order valence-corrected chi connectivity index (χ2v) is 6.15. The molecule has 0 spiro atoms. The summed E-state index contributed by atoms with van der Waals surface area (Å²) in [5.74, 6) is 0.860. The Morgan fingerprint density at radius 3 is 2.47 bits per heavy atom. The lowest BCUT2D eigenvalue weighted by atomic mass is 9.83. The van der Waals surface area contributed by atoms with Gasteiger partial charge in [-0.25, -0.2) is 0 Å². The Morgan fingerprint density at radius 2 is 1.89 bits per heavy atom. The van der Waals surface area contributed by atoms with Crippen LogP contribution in [-0.2, 0) is 4.79 Å². The highest BCUT2D eigenvalue weighted by Crippen LogP contribution is 2.29. The fourth-order valence-corrected chi connectivity index (χ4v) is 3.36. The van der Waals surface area contributed by atoms with Crippen molar-refractivity contribution >= 4 is 5.91 Å². The first-order valence-corrected chi connectivity index (χ1v) is 7.87. The topological polar surface area (TPSA) is 49.6 Å². The number of likely N-dealkylation sites (N-methyl/N-ethyl adjacent to an activating group) is 2. The molecule has 2 unspecified atom stereocenters. The highest BCUT2D eigenvalue weighted by Gasteiger charge is 2.33. The first-order chi connectivity index (χ1) is 9.17. The molecule has 2 rings (SSSR count). The van der Waals surface area contributed by atoms with Gasteiger partial charge in [-0.3, -0.25) is 9.69 Å². The smallest absolute Gasteiger partial charge is 0.236 e. The number of carbonyl (C=O) groups is 1. The Hall–Kier alpha value is -0.610. The molecule has 4 heteroatoms. The summed E-state index contributed by atoms with van der Waals surface area (Å²) >= 11 is 0. The van der Waals surface area contributed by atoms with Gasteiger partial charge < -0.3 is 10.6 Å². The predicted octanol–water partition coefficient (Wildman–Crippen LogP) is 1.45. The van der Waals surface area contributed by atoms with E-state index in [0.717, 1.165) is 13.1 Å². The van der Waals surface area contributed by atoms with Crippen molar-refractivity contribution in [2.24, 2.45) is 11.7 Å². The summed E-state index contributed by atoms with van der Waals surface area (Å²) in [6.07, 6.45) is 7.38. The van der Waals surface area contributed by atoms with E-state index in [4.69, 9.17) is 5.73 Å². The van der Waals surface area contributed by atoms with Crippen LogP contribution >= 0.6 is 0 Å². The summed E-state index contributed by atoms with van der Waals surface area (Å²) in [5, 5.41) is 0. The van der Waals surface area contributed by atoms with Gasteiger partial charge in [0, 0.05) is 19.1 Å². The van der Waals surface area contributed by atoms with Gasteiger partial charge in [-0.05, 0) is 44.7 Å². The normalized spacial score (nSPS) is 27.6. The van der Waals surface area contributed by atoms with Gasteiger partial charge >= 0.3 is 0 Å². The second kappa shape index (κ2) is 6.71. The Kier molecular flexibility index (Phi) is 5.22. The van der Waals surface area contributed by atoms with Crippen molar-refractivity contribution in [3.63, 3.8) is 0 Å². The van der Waals surface area contributed by atoms with Crippen molar-refractivity contribution in [3.05, 3.63) is 0 Å². The molecular weight excluding hydrogens is 238 g/mol. The Balaban J connectivity index is 1.92. The molecule has 0 bridgehead atoms. The molecule has 0 aliphatic heterocycles. The van der Waals surface area contributed by atoms with Crippen LogP contribution in [0.3, 0.4) is 0 Å². The lowest BCUT2D eigenvalue weighted by Crippen LogP contribution is -2.49. The van der Waals surface area contributed by atoms with Gasteiger partial charge in [0.25, 0.3) is 0 Å². The molecule has 2 saturated carbocycles. The van der Waals surface area contributed by atoms with Crippen molar-refractivity contribution in [1.82, 2.24) is 9.80 Å². The third-order valence-electron chi connectivity index (χ3n) is 4.87. The van der Waals surface area contributed by atoms with Crippen molar-refractivity contribution in [2.75, 3.05) is 26.7 Å². The van der Waals surface area contributed by atoms with E-state index in [1.54, 1.807) is 0 Å². The SMILES string of the molecule is CCN(CC(=O)N(C)C1CC1)C1CCCCC1CN. The number of nitrogens with two attached hydrogens (primary N) is 1. The van der Waals surface area contributed by atoms with Gasteiger partial charge in [-0.2, -0.15) is 0 Å². The van der Waals surface area contributed by atoms with Crippen LogP contribution in [0.4, 0.5) is 0 Å². The predicted molar refractivity (Wildman–Crippen MR) is 77.8 cm³/mol. The van der Waals surface area contributed by atoms with E-state index < -0.39 is 0 Å². The summed E-state index contributed by atoms with van der Waals surface area (Å²) in [4.78, 5) is 16.6. The van der Waals surface area contributed by atoms with E-state index in [0.29, 0.717) is 24.5 Å². The standard InChI is InChI=1S/C15H29N3O/c1-3-18(11-15(19)17(2)13-8-9-13)14-7-5-4-6-12(14)10-16/h12-14H,3-11,16H2,1-2H3. The molecule has 2 aliphatic rings. The zero-order valence-corrected chi connectivity index (χ0v) is 12.5. The summed E-state index contributed by atoms with van der Waals surface area (Å²) in [6, 6.07) is 1.03. The Morgan fingerprint density at radius 1 is 1.21 bits per heavy atom. The van der Waals surface area contributed by atoms with Crippen LogP contribution in [0.2, 0.25) is 0 Å².